The minimum atomic E-state index is 0.00604. The third kappa shape index (κ3) is 5.31. The first kappa shape index (κ1) is 15.9. The van der Waals surface area contributed by atoms with Gasteiger partial charge < -0.3 is 9.47 Å². The molecule has 0 heterocycles. The molecule has 0 aliphatic carbocycles. The van der Waals surface area contributed by atoms with Crippen molar-refractivity contribution in [3.05, 3.63) is 0 Å². The Morgan fingerprint density at radius 1 is 1.12 bits per heavy atom. The summed E-state index contributed by atoms with van der Waals surface area (Å²) in [6, 6.07) is 0. The van der Waals surface area contributed by atoms with Crippen molar-refractivity contribution in [2.45, 2.75) is 66.1 Å². The summed E-state index contributed by atoms with van der Waals surface area (Å²) in [5, 5.41) is 0. The second-order valence-corrected chi connectivity index (χ2v) is 5.49. The van der Waals surface area contributed by atoms with E-state index in [4.69, 9.17) is 9.47 Å². The summed E-state index contributed by atoms with van der Waals surface area (Å²) >= 11 is 0. The van der Waals surface area contributed by atoms with Crippen LogP contribution in [0, 0.1) is 11.8 Å². The lowest BCUT2D eigenvalue weighted by molar-refractivity contribution is -0.0521. The molecule has 0 rings (SSSR count). The zero-order valence-corrected chi connectivity index (χ0v) is 12.2. The van der Waals surface area contributed by atoms with Gasteiger partial charge in [0.25, 0.3) is 0 Å². The van der Waals surface area contributed by atoms with E-state index in [1.807, 2.05) is 7.11 Å². The Bertz CT molecular complexity index is 174. The minimum absolute atomic E-state index is 0.00604. The van der Waals surface area contributed by atoms with Crippen molar-refractivity contribution in [2.24, 2.45) is 11.8 Å². The molecule has 2 nitrogen and oxygen atoms in total. The third-order valence-electron chi connectivity index (χ3n) is 3.68. The maximum Gasteiger partial charge on any atom is 0.0673 e. The van der Waals surface area contributed by atoms with Crippen molar-refractivity contribution in [3.63, 3.8) is 0 Å². The van der Waals surface area contributed by atoms with Gasteiger partial charge in [-0.25, -0.2) is 0 Å². The van der Waals surface area contributed by atoms with E-state index in [-0.39, 0.29) is 5.60 Å². The van der Waals surface area contributed by atoms with Crippen LogP contribution in [-0.2, 0) is 9.47 Å². The average Bonchev–Trinajstić information content (AvgIpc) is 2.25. The highest BCUT2D eigenvalue weighted by molar-refractivity contribution is 4.80. The van der Waals surface area contributed by atoms with Gasteiger partial charge in [0.05, 0.1) is 11.7 Å². The fraction of sp³-hybridized carbons (Fsp3) is 1.00. The van der Waals surface area contributed by atoms with Crippen LogP contribution in [-0.4, -0.2) is 25.4 Å². The molecular weight excluding hydrogens is 200 g/mol. The molecule has 16 heavy (non-hydrogen) atoms. The van der Waals surface area contributed by atoms with Gasteiger partial charge in [0, 0.05) is 13.7 Å². The number of rotatable bonds is 8. The Hall–Kier alpha value is -0.0800. The van der Waals surface area contributed by atoms with Gasteiger partial charge in [0.2, 0.25) is 0 Å². The number of ether oxygens (including phenoxy) is 2. The molecule has 0 radical (unpaired) electrons. The van der Waals surface area contributed by atoms with E-state index < -0.39 is 0 Å². The number of hydrogen-bond acceptors (Lipinski definition) is 2. The molecular formula is C14H30O2. The Morgan fingerprint density at radius 3 is 2.06 bits per heavy atom. The third-order valence-corrected chi connectivity index (χ3v) is 3.68. The SMILES string of the molecule is CCC(C)(OC)C(C)CC(C)COC(C)C. The summed E-state index contributed by atoms with van der Waals surface area (Å²) in [5.41, 5.74) is 0.00604. The van der Waals surface area contributed by atoms with Crippen molar-refractivity contribution >= 4 is 0 Å². The molecule has 0 aromatic rings. The largest absolute Gasteiger partial charge is 0.379 e. The van der Waals surface area contributed by atoms with Gasteiger partial charge in [0.1, 0.15) is 0 Å². The first-order valence-electron chi connectivity index (χ1n) is 6.52. The van der Waals surface area contributed by atoms with Crippen molar-refractivity contribution in [2.75, 3.05) is 13.7 Å². The number of hydrogen-bond donors (Lipinski definition) is 0. The number of methoxy groups -OCH3 is 1. The van der Waals surface area contributed by atoms with Crippen LogP contribution < -0.4 is 0 Å². The van der Waals surface area contributed by atoms with Crippen molar-refractivity contribution in [3.8, 4) is 0 Å². The van der Waals surface area contributed by atoms with Gasteiger partial charge >= 0.3 is 0 Å². The zero-order chi connectivity index (χ0) is 12.8. The molecule has 0 fully saturated rings. The van der Waals surface area contributed by atoms with E-state index in [1.165, 1.54) is 0 Å². The summed E-state index contributed by atoms with van der Waals surface area (Å²) in [4.78, 5) is 0. The zero-order valence-electron chi connectivity index (χ0n) is 12.2. The van der Waals surface area contributed by atoms with Crippen LogP contribution in [0.15, 0.2) is 0 Å². The van der Waals surface area contributed by atoms with E-state index in [1.54, 1.807) is 0 Å². The van der Waals surface area contributed by atoms with Crippen molar-refractivity contribution in [1.82, 2.24) is 0 Å². The molecule has 0 aliphatic heterocycles. The second-order valence-electron chi connectivity index (χ2n) is 5.49. The van der Waals surface area contributed by atoms with Gasteiger partial charge in [0.15, 0.2) is 0 Å². The second kappa shape index (κ2) is 7.29. The molecule has 0 aliphatic rings. The van der Waals surface area contributed by atoms with E-state index in [0.717, 1.165) is 19.4 Å². The van der Waals surface area contributed by atoms with Crippen LogP contribution in [0.4, 0.5) is 0 Å². The summed E-state index contributed by atoms with van der Waals surface area (Å²) in [6.07, 6.45) is 2.55. The van der Waals surface area contributed by atoms with Gasteiger partial charge in [-0.05, 0) is 45.4 Å². The smallest absolute Gasteiger partial charge is 0.0673 e. The van der Waals surface area contributed by atoms with E-state index in [2.05, 4.69) is 41.5 Å². The molecule has 0 bridgehead atoms. The molecule has 0 saturated carbocycles. The molecule has 2 heteroatoms. The van der Waals surface area contributed by atoms with Gasteiger partial charge in [-0.15, -0.1) is 0 Å². The highest BCUT2D eigenvalue weighted by Crippen LogP contribution is 2.29. The fourth-order valence-electron chi connectivity index (χ4n) is 1.97. The Labute approximate surface area is 102 Å². The lowest BCUT2D eigenvalue weighted by Crippen LogP contribution is -2.35. The molecule has 0 amide bonds. The standard InChI is InChI=1S/C14H30O2/c1-8-14(6,15-7)13(5)9-12(4)10-16-11(2)3/h11-13H,8-10H2,1-7H3. The Balaban J connectivity index is 4.07. The first-order chi connectivity index (χ1) is 7.35. The van der Waals surface area contributed by atoms with Crippen LogP contribution in [0.5, 0.6) is 0 Å². The quantitative estimate of drug-likeness (QED) is 0.630. The van der Waals surface area contributed by atoms with E-state index in [0.29, 0.717) is 17.9 Å². The molecule has 0 spiro atoms. The van der Waals surface area contributed by atoms with E-state index >= 15 is 0 Å². The highest BCUT2D eigenvalue weighted by Gasteiger charge is 2.29. The van der Waals surface area contributed by atoms with Crippen molar-refractivity contribution < 1.29 is 9.47 Å². The van der Waals surface area contributed by atoms with Crippen LogP contribution in [0.3, 0.4) is 0 Å². The predicted octanol–water partition coefficient (Wildman–Crippen LogP) is 3.89. The molecule has 3 atom stereocenters. The maximum atomic E-state index is 5.64. The van der Waals surface area contributed by atoms with Gasteiger partial charge in [-0.3, -0.25) is 0 Å². The summed E-state index contributed by atoms with van der Waals surface area (Å²) in [7, 11) is 1.81. The normalized spacial score (nSPS) is 19.5. The van der Waals surface area contributed by atoms with Crippen molar-refractivity contribution in [1.29, 1.82) is 0 Å². The molecule has 98 valence electrons. The Kier molecular flexibility index (Phi) is 7.25. The minimum Gasteiger partial charge on any atom is -0.379 e. The first-order valence-corrected chi connectivity index (χ1v) is 6.52. The van der Waals surface area contributed by atoms with Crippen LogP contribution in [0.2, 0.25) is 0 Å². The van der Waals surface area contributed by atoms with Crippen LogP contribution >= 0.6 is 0 Å². The monoisotopic (exact) mass is 230 g/mol. The van der Waals surface area contributed by atoms with Gasteiger partial charge in [-0.2, -0.15) is 0 Å². The molecule has 0 aromatic heterocycles. The van der Waals surface area contributed by atoms with Crippen LogP contribution in [0.25, 0.3) is 0 Å². The topological polar surface area (TPSA) is 18.5 Å². The maximum absolute atomic E-state index is 5.64. The lowest BCUT2D eigenvalue weighted by Gasteiger charge is -2.35. The molecule has 0 aromatic carbocycles. The lowest BCUT2D eigenvalue weighted by atomic mass is 9.82. The summed E-state index contributed by atoms with van der Waals surface area (Å²) in [6.45, 7) is 13.9. The Morgan fingerprint density at radius 2 is 1.69 bits per heavy atom. The average molecular weight is 230 g/mol. The summed E-state index contributed by atoms with van der Waals surface area (Å²) in [5.74, 6) is 1.16. The van der Waals surface area contributed by atoms with Crippen LogP contribution in [0.1, 0.15) is 54.4 Å². The highest BCUT2D eigenvalue weighted by atomic mass is 16.5. The predicted molar refractivity (Wildman–Crippen MR) is 69.7 cm³/mol. The molecule has 3 unspecified atom stereocenters. The molecule has 0 N–H and O–H groups in total. The van der Waals surface area contributed by atoms with E-state index in [9.17, 15) is 0 Å². The van der Waals surface area contributed by atoms with Gasteiger partial charge in [-0.1, -0.05) is 20.8 Å². The summed E-state index contributed by atoms with van der Waals surface area (Å²) < 4.78 is 11.3. The molecule has 0 saturated heterocycles. The fourth-order valence-corrected chi connectivity index (χ4v) is 1.97.